The first kappa shape index (κ1) is 16.8. The smallest absolute Gasteiger partial charge is 0.153 e. The predicted molar refractivity (Wildman–Crippen MR) is 109 cm³/mol. The van der Waals surface area contributed by atoms with Crippen LogP contribution in [0.25, 0.3) is 22.4 Å². The number of methoxy groups -OCH3 is 1. The van der Waals surface area contributed by atoms with Crippen molar-refractivity contribution in [3.8, 4) is 28.1 Å². The molecule has 0 aliphatic carbocycles. The van der Waals surface area contributed by atoms with Gasteiger partial charge in [-0.2, -0.15) is 0 Å². The molecule has 27 heavy (non-hydrogen) atoms. The second kappa shape index (κ2) is 7.70. The van der Waals surface area contributed by atoms with Gasteiger partial charge in [-0.05, 0) is 35.9 Å². The van der Waals surface area contributed by atoms with Crippen molar-refractivity contribution in [3.05, 3.63) is 91.0 Å². The van der Waals surface area contributed by atoms with Crippen molar-refractivity contribution in [1.29, 1.82) is 0 Å². The molecule has 0 saturated heterocycles. The minimum Gasteiger partial charge on any atom is -0.497 e. The zero-order valence-corrected chi connectivity index (χ0v) is 15.0. The lowest BCUT2D eigenvalue weighted by Crippen LogP contribution is -1.99. The molecule has 1 N–H and O–H groups in total. The van der Waals surface area contributed by atoms with Crippen molar-refractivity contribution < 1.29 is 4.74 Å². The molecule has 1 aromatic heterocycles. The molecule has 4 aromatic rings. The van der Waals surface area contributed by atoms with Crippen molar-refractivity contribution in [2.24, 2.45) is 0 Å². The highest BCUT2D eigenvalue weighted by molar-refractivity contribution is 5.82. The van der Waals surface area contributed by atoms with Gasteiger partial charge in [-0.1, -0.05) is 60.7 Å². The van der Waals surface area contributed by atoms with Crippen LogP contribution in [0.3, 0.4) is 0 Å². The van der Waals surface area contributed by atoms with E-state index in [1.54, 1.807) is 7.11 Å². The maximum absolute atomic E-state index is 5.21. The number of benzene rings is 3. The van der Waals surface area contributed by atoms with Crippen LogP contribution < -0.4 is 10.1 Å². The van der Waals surface area contributed by atoms with E-state index in [0.717, 1.165) is 33.8 Å². The fourth-order valence-corrected chi connectivity index (χ4v) is 2.92. The van der Waals surface area contributed by atoms with Crippen LogP contribution in [0, 0.1) is 0 Å². The lowest BCUT2D eigenvalue weighted by Gasteiger charge is -2.12. The van der Waals surface area contributed by atoms with Gasteiger partial charge < -0.3 is 10.1 Å². The SMILES string of the molecule is COc1ccc(Nc2cc(-c3ccccc3)c(-c3ccccc3)nn2)cc1. The summed E-state index contributed by atoms with van der Waals surface area (Å²) in [5.74, 6) is 1.51. The summed E-state index contributed by atoms with van der Waals surface area (Å²) in [5.41, 5.74) is 4.97. The van der Waals surface area contributed by atoms with Crippen molar-refractivity contribution in [2.75, 3.05) is 12.4 Å². The van der Waals surface area contributed by atoms with Crippen molar-refractivity contribution in [2.45, 2.75) is 0 Å². The number of nitrogens with zero attached hydrogens (tertiary/aromatic N) is 2. The number of rotatable bonds is 5. The van der Waals surface area contributed by atoms with Gasteiger partial charge in [0.05, 0.1) is 7.11 Å². The van der Waals surface area contributed by atoms with Gasteiger partial charge in [0, 0.05) is 16.8 Å². The Kier molecular flexibility index (Phi) is 4.79. The molecule has 4 heteroatoms. The van der Waals surface area contributed by atoms with E-state index in [-0.39, 0.29) is 0 Å². The number of nitrogens with one attached hydrogen (secondary N) is 1. The molecular formula is C23H19N3O. The van der Waals surface area contributed by atoms with Crippen LogP contribution >= 0.6 is 0 Å². The molecule has 0 aliphatic heterocycles. The molecule has 0 radical (unpaired) electrons. The van der Waals surface area contributed by atoms with E-state index >= 15 is 0 Å². The zero-order valence-electron chi connectivity index (χ0n) is 15.0. The topological polar surface area (TPSA) is 47.0 Å². The summed E-state index contributed by atoms with van der Waals surface area (Å²) >= 11 is 0. The first-order valence-corrected chi connectivity index (χ1v) is 8.73. The fraction of sp³-hybridized carbons (Fsp3) is 0.0435. The van der Waals surface area contributed by atoms with E-state index in [0.29, 0.717) is 5.82 Å². The molecule has 0 spiro atoms. The van der Waals surface area contributed by atoms with Crippen LogP contribution in [0.15, 0.2) is 91.0 Å². The molecule has 132 valence electrons. The Morgan fingerprint density at radius 3 is 1.96 bits per heavy atom. The molecule has 0 unspecified atom stereocenters. The molecule has 0 aliphatic rings. The Bertz CT molecular complexity index is 1020. The van der Waals surface area contributed by atoms with Crippen molar-refractivity contribution in [1.82, 2.24) is 10.2 Å². The summed E-state index contributed by atoms with van der Waals surface area (Å²) < 4.78 is 5.21. The third kappa shape index (κ3) is 3.80. The molecule has 1 heterocycles. The van der Waals surface area contributed by atoms with Gasteiger partial charge in [-0.15, -0.1) is 10.2 Å². The third-order valence-electron chi connectivity index (χ3n) is 4.29. The lowest BCUT2D eigenvalue weighted by molar-refractivity contribution is 0.415. The molecule has 4 rings (SSSR count). The van der Waals surface area contributed by atoms with Crippen LogP contribution in [-0.4, -0.2) is 17.3 Å². The highest BCUT2D eigenvalue weighted by Gasteiger charge is 2.11. The molecule has 3 aromatic carbocycles. The Labute approximate surface area is 158 Å². The number of hydrogen-bond donors (Lipinski definition) is 1. The van der Waals surface area contributed by atoms with E-state index in [2.05, 4.69) is 27.6 Å². The maximum atomic E-state index is 5.21. The number of anilines is 2. The minimum absolute atomic E-state index is 0.693. The Morgan fingerprint density at radius 2 is 1.33 bits per heavy atom. The standard InChI is InChI=1S/C23H19N3O/c1-27-20-14-12-19(13-15-20)24-22-16-21(17-8-4-2-5-9-17)23(26-25-22)18-10-6-3-7-11-18/h2-16H,1H3,(H,24,25). The van der Waals surface area contributed by atoms with Crippen LogP contribution in [0.5, 0.6) is 5.75 Å². The summed E-state index contributed by atoms with van der Waals surface area (Å²) in [6, 6.07) is 30.1. The Morgan fingerprint density at radius 1 is 0.704 bits per heavy atom. The van der Waals surface area contributed by atoms with Crippen LogP contribution in [0.1, 0.15) is 0 Å². The van der Waals surface area contributed by atoms with E-state index < -0.39 is 0 Å². The van der Waals surface area contributed by atoms with Crippen molar-refractivity contribution >= 4 is 11.5 Å². The molecule has 0 atom stereocenters. The van der Waals surface area contributed by atoms with Gasteiger partial charge in [0.15, 0.2) is 5.82 Å². The molecule has 4 nitrogen and oxygen atoms in total. The first-order valence-electron chi connectivity index (χ1n) is 8.73. The molecule has 0 amide bonds. The largest absolute Gasteiger partial charge is 0.497 e. The number of ether oxygens (including phenoxy) is 1. The number of aromatic nitrogens is 2. The average Bonchev–Trinajstić information content (AvgIpc) is 2.75. The normalized spacial score (nSPS) is 10.4. The maximum Gasteiger partial charge on any atom is 0.153 e. The Hall–Kier alpha value is -3.66. The summed E-state index contributed by atoms with van der Waals surface area (Å²) in [6.07, 6.45) is 0. The second-order valence-electron chi connectivity index (χ2n) is 6.08. The summed E-state index contributed by atoms with van der Waals surface area (Å²) in [4.78, 5) is 0. The van der Waals surface area contributed by atoms with Crippen LogP contribution in [-0.2, 0) is 0 Å². The molecule has 0 bridgehead atoms. The van der Waals surface area contributed by atoms with Gasteiger partial charge >= 0.3 is 0 Å². The molecule has 0 saturated carbocycles. The summed E-state index contributed by atoms with van der Waals surface area (Å²) in [6.45, 7) is 0. The molecule has 0 fully saturated rings. The second-order valence-corrected chi connectivity index (χ2v) is 6.08. The van der Waals surface area contributed by atoms with E-state index in [4.69, 9.17) is 4.74 Å². The van der Waals surface area contributed by atoms with Gasteiger partial charge in [-0.3, -0.25) is 0 Å². The quantitative estimate of drug-likeness (QED) is 0.510. The van der Waals surface area contributed by atoms with Crippen LogP contribution in [0.2, 0.25) is 0 Å². The predicted octanol–water partition coefficient (Wildman–Crippen LogP) is 5.56. The van der Waals surface area contributed by atoms with Gasteiger partial charge in [0.1, 0.15) is 11.4 Å². The van der Waals surface area contributed by atoms with Gasteiger partial charge in [0.25, 0.3) is 0 Å². The monoisotopic (exact) mass is 353 g/mol. The van der Waals surface area contributed by atoms with E-state index in [9.17, 15) is 0 Å². The van der Waals surface area contributed by atoms with Gasteiger partial charge in [-0.25, -0.2) is 0 Å². The van der Waals surface area contributed by atoms with E-state index in [1.165, 1.54) is 0 Å². The van der Waals surface area contributed by atoms with Crippen LogP contribution in [0.4, 0.5) is 11.5 Å². The fourth-order valence-electron chi connectivity index (χ4n) is 2.92. The summed E-state index contributed by atoms with van der Waals surface area (Å²) in [7, 11) is 1.66. The Balaban J connectivity index is 1.74. The van der Waals surface area contributed by atoms with Crippen molar-refractivity contribution in [3.63, 3.8) is 0 Å². The average molecular weight is 353 g/mol. The van der Waals surface area contributed by atoms with Gasteiger partial charge in [0.2, 0.25) is 0 Å². The third-order valence-corrected chi connectivity index (χ3v) is 4.29. The number of hydrogen-bond acceptors (Lipinski definition) is 4. The minimum atomic E-state index is 0.693. The lowest BCUT2D eigenvalue weighted by atomic mass is 10.00. The summed E-state index contributed by atoms with van der Waals surface area (Å²) in [5, 5.41) is 12.2. The van der Waals surface area contributed by atoms with E-state index in [1.807, 2.05) is 78.9 Å². The first-order chi connectivity index (χ1) is 13.3. The molecular weight excluding hydrogens is 334 g/mol. The highest BCUT2D eigenvalue weighted by atomic mass is 16.5. The highest BCUT2D eigenvalue weighted by Crippen LogP contribution is 2.32. The zero-order chi connectivity index (χ0) is 18.5.